The van der Waals surface area contributed by atoms with Gasteiger partial charge in [-0.1, -0.05) is 12.1 Å². The van der Waals surface area contributed by atoms with Crippen LogP contribution in [0.4, 0.5) is 5.82 Å². The SMILES string of the molecule is CN(C)CCCNc1nc(CN2CCN(S(=O)(=O)C3=CC=C(C#N)CC3)CC2)nc2ccccc12. The number of aromatic nitrogens is 2. The van der Waals surface area contributed by atoms with Crippen LogP contribution < -0.4 is 5.32 Å². The van der Waals surface area contributed by atoms with Crippen LogP contribution in [0.25, 0.3) is 10.9 Å². The second kappa shape index (κ2) is 11.3. The molecule has 2 heterocycles. The van der Waals surface area contributed by atoms with Crippen molar-refractivity contribution in [2.24, 2.45) is 0 Å². The van der Waals surface area contributed by atoms with E-state index in [4.69, 9.17) is 15.2 Å². The van der Waals surface area contributed by atoms with Gasteiger partial charge < -0.3 is 10.2 Å². The van der Waals surface area contributed by atoms with Gasteiger partial charge in [-0.05, 0) is 64.2 Å². The summed E-state index contributed by atoms with van der Waals surface area (Å²) in [6.45, 7) is 4.50. The molecule has 0 atom stereocenters. The van der Waals surface area contributed by atoms with Gasteiger partial charge >= 0.3 is 0 Å². The summed E-state index contributed by atoms with van der Waals surface area (Å²) in [4.78, 5) is 14.3. The van der Waals surface area contributed by atoms with Gasteiger partial charge in [0.15, 0.2) is 0 Å². The first-order valence-electron chi connectivity index (χ1n) is 12.0. The Labute approximate surface area is 207 Å². The highest BCUT2D eigenvalue weighted by Crippen LogP contribution is 2.26. The third kappa shape index (κ3) is 6.24. The molecule has 2 aromatic rings. The lowest BCUT2D eigenvalue weighted by Crippen LogP contribution is -2.48. The van der Waals surface area contributed by atoms with E-state index in [9.17, 15) is 8.42 Å². The van der Waals surface area contributed by atoms with Crippen LogP contribution >= 0.6 is 0 Å². The number of nitrogens with zero attached hydrogens (tertiary/aromatic N) is 6. The summed E-state index contributed by atoms with van der Waals surface area (Å²) in [5.41, 5.74) is 1.53. The Morgan fingerprint density at radius 1 is 1.09 bits per heavy atom. The average molecular weight is 496 g/mol. The number of anilines is 1. The van der Waals surface area contributed by atoms with Crippen LogP contribution in [-0.4, -0.2) is 85.9 Å². The number of para-hydroxylation sites is 1. The van der Waals surface area contributed by atoms with Gasteiger partial charge in [0.1, 0.15) is 11.6 Å². The first-order valence-corrected chi connectivity index (χ1v) is 13.5. The molecule has 0 radical (unpaired) electrons. The molecule has 1 aromatic heterocycles. The van der Waals surface area contributed by atoms with Gasteiger partial charge in [-0.2, -0.15) is 9.57 Å². The highest BCUT2D eigenvalue weighted by Gasteiger charge is 2.31. The molecule has 4 rings (SSSR count). The van der Waals surface area contributed by atoms with Crippen molar-refractivity contribution < 1.29 is 8.42 Å². The molecule has 0 spiro atoms. The molecule has 1 saturated heterocycles. The molecule has 1 aromatic carbocycles. The van der Waals surface area contributed by atoms with Crippen LogP contribution in [-0.2, 0) is 16.6 Å². The predicted molar refractivity (Wildman–Crippen MR) is 138 cm³/mol. The zero-order chi connectivity index (χ0) is 24.8. The van der Waals surface area contributed by atoms with Crippen LogP contribution in [0.2, 0.25) is 0 Å². The van der Waals surface area contributed by atoms with Gasteiger partial charge in [-0.3, -0.25) is 4.90 Å². The van der Waals surface area contributed by atoms with Gasteiger partial charge in [-0.15, -0.1) is 0 Å². The van der Waals surface area contributed by atoms with Gasteiger partial charge in [0.05, 0.1) is 23.0 Å². The number of fused-ring (bicyclic) bond motifs is 1. The number of nitrogens with one attached hydrogen (secondary N) is 1. The van der Waals surface area contributed by atoms with Crippen LogP contribution in [0.5, 0.6) is 0 Å². The Morgan fingerprint density at radius 3 is 2.54 bits per heavy atom. The maximum atomic E-state index is 13.0. The standard InChI is InChI=1S/C25H33N7O2S/c1-30(2)13-5-12-27-25-22-6-3-4-7-23(22)28-24(29-25)19-31-14-16-32(17-15-31)35(33,34)21-10-8-20(18-26)9-11-21/h3-4,6-8,10H,5,9,11-17,19H2,1-2H3,(H,27,28,29). The fourth-order valence-electron chi connectivity index (χ4n) is 4.35. The van der Waals surface area contributed by atoms with E-state index in [2.05, 4.69) is 35.3 Å². The summed E-state index contributed by atoms with van der Waals surface area (Å²) in [7, 11) is 0.634. The molecule has 1 N–H and O–H groups in total. The van der Waals surface area contributed by atoms with E-state index in [0.29, 0.717) is 56.0 Å². The quantitative estimate of drug-likeness (QED) is 0.529. The van der Waals surface area contributed by atoms with Crippen molar-refractivity contribution in [2.75, 3.05) is 58.7 Å². The van der Waals surface area contributed by atoms with E-state index in [1.165, 1.54) is 0 Å². The fourth-order valence-corrected chi connectivity index (χ4v) is 5.93. The Kier molecular flexibility index (Phi) is 8.13. The van der Waals surface area contributed by atoms with E-state index in [1.54, 1.807) is 16.5 Å². The zero-order valence-electron chi connectivity index (χ0n) is 20.4. The zero-order valence-corrected chi connectivity index (χ0v) is 21.3. The van der Waals surface area contributed by atoms with Crippen molar-refractivity contribution in [3.8, 4) is 6.07 Å². The van der Waals surface area contributed by atoms with E-state index >= 15 is 0 Å². The molecule has 0 amide bonds. The summed E-state index contributed by atoms with van der Waals surface area (Å²) in [6, 6.07) is 10.1. The summed E-state index contributed by atoms with van der Waals surface area (Å²) in [6.07, 6.45) is 5.08. The number of piperazine rings is 1. The van der Waals surface area contributed by atoms with Crippen molar-refractivity contribution in [3.63, 3.8) is 0 Å². The van der Waals surface area contributed by atoms with Gasteiger partial charge in [-0.25, -0.2) is 18.4 Å². The molecule has 10 heteroatoms. The number of allylic oxidation sites excluding steroid dienone is 4. The van der Waals surface area contributed by atoms with Crippen molar-refractivity contribution in [3.05, 3.63) is 52.7 Å². The molecule has 2 aliphatic rings. The Hall–Kier alpha value is -2.84. The first-order chi connectivity index (χ1) is 16.9. The summed E-state index contributed by atoms with van der Waals surface area (Å²) in [5.74, 6) is 1.58. The molecular weight excluding hydrogens is 462 g/mol. The number of rotatable bonds is 9. The molecule has 0 saturated carbocycles. The molecule has 1 aliphatic heterocycles. The Bertz CT molecular complexity index is 1260. The number of hydrogen-bond donors (Lipinski definition) is 1. The molecule has 0 bridgehead atoms. The molecular formula is C25H33N7O2S. The molecule has 9 nitrogen and oxygen atoms in total. The van der Waals surface area contributed by atoms with E-state index in [1.807, 2.05) is 24.3 Å². The second-order valence-corrected chi connectivity index (χ2v) is 11.2. The van der Waals surface area contributed by atoms with Crippen LogP contribution in [0.1, 0.15) is 25.1 Å². The fraction of sp³-hybridized carbons (Fsp3) is 0.480. The largest absolute Gasteiger partial charge is 0.369 e. The molecule has 1 aliphatic carbocycles. The maximum Gasteiger partial charge on any atom is 0.239 e. The van der Waals surface area contributed by atoms with Crippen molar-refractivity contribution in [1.82, 2.24) is 24.1 Å². The monoisotopic (exact) mass is 495 g/mol. The van der Waals surface area contributed by atoms with Crippen LogP contribution in [0.15, 0.2) is 46.9 Å². The predicted octanol–water partition coefficient (Wildman–Crippen LogP) is 2.57. The number of benzene rings is 1. The minimum absolute atomic E-state index is 0.386. The van der Waals surface area contributed by atoms with Gasteiger partial charge in [0.2, 0.25) is 10.0 Å². The van der Waals surface area contributed by atoms with Crippen LogP contribution in [0.3, 0.4) is 0 Å². The lowest BCUT2D eigenvalue weighted by Gasteiger charge is -2.34. The second-order valence-electron chi connectivity index (χ2n) is 9.21. The van der Waals surface area contributed by atoms with Gasteiger partial charge in [0, 0.05) is 43.7 Å². The number of sulfonamides is 1. The van der Waals surface area contributed by atoms with E-state index < -0.39 is 10.0 Å². The molecule has 1 fully saturated rings. The number of hydrogen-bond acceptors (Lipinski definition) is 8. The summed E-state index contributed by atoms with van der Waals surface area (Å²) >= 11 is 0. The minimum atomic E-state index is -3.50. The third-order valence-corrected chi connectivity index (χ3v) is 8.39. The Morgan fingerprint density at radius 2 is 1.86 bits per heavy atom. The number of nitriles is 1. The van der Waals surface area contributed by atoms with Crippen molar-refractivity contribution in [1.29, 1.82) is 5.26 Å². The highest BCUT2D eigenvalue weighted by atomic mass is 32.2. The van der Waals surface area contributed by atoms with Crippen molar-refractivity contribution in [2.45, 2.75) is 25.8 Å². The smallest absolute Gasteiger partial charge is 0.239 e. The highest BCUT2D eigenvalue weighted by molar-refractivity contribution is 7.93. The molecule has 0 unspecified atom stereocenters. The maximum absolute atomic E-state index is 13.0. The molecule has 35 heavy (non-hydrogen) atoms. The lowest BCUT2D eigenvalue weighted by atomic mass is 10.1. The van der Waals surface area contributed by atoms with Gasteiger partial charge in [0.25, 0.3) is 0 Å². The van der Waals surface area contributed by atoms with Crippen LogP contribution in [0, 0.1) is 11.3 Å². The summed E-state index contributed by atoms with van der Waals surface area (Å²) in [5, 5.41) is 13.5. The van der Waals surface area contributed by atoms with Crippen molar-refractivity contribution >= 4 is 26.7 Å². The average Bonchev–Trinajstić information content (AvgIpc) is 2.87. The van der Waals surface area contributed by atoms with E-state index in [0.717, 1.165) is 42.1 Å². The first kappa shape index (κ1) is 25.3. The van der Waals surface area contributed by atoms with E-state index in [-0.39, 0.29) is 0 Å². The normalized spacial score (nSPS) is 17.8. The summed E-state index contributed by atoms with van der Waals surface area (Å²) < 4.78 is 27.7. The topological polar surface area (TPSA) is 105 Å². The lowest BCUT2D eigenvalue weighted by molar-refractivity contribution is 0.179. The minimum Gasteiger partial charge on any atom is -0.369 e. The Balaban J connectivity index is 1.40. The third-order valence-electron chi connectivity index (χ3n) is 6.35. The molecule has 186 valence electrons.